The van der Waals surface area contributed by atoms with Crippen molar-refractivity contribution in [2.24, 2.45) is 0 Å². The highest BCUT2D eigenvalue weighted by Crippen LogP contribution is 2.23. The summed E-state index contributed by atoms with van der Waals surface area (Å²) in [5, 5.41) is 12.5. The quantitative estimate of drug-likeness (QED) is 0.725. The maximum atomic E-state index is 13.5. The lowest BCUT2D eigenvalue weighted by molar-refractivity contribution is -0.133. The summed E-state index contributed by atoms with van der Waals surface area (Å²) in [5.41, 5.74) is 1.32. The molecule has 0 radical (unpaired) electrons. The Hall–Kier alpha value is -3.09. The van der Waals surface area contributed by atoms with Gasteiger partial charge in [-0.1, -0.05) is 42.5 Å². The molecule has 0 spiro atoms. The van der Waals surface area contributed by atoms with Crippen LogP contribution in [-0.4, -0.2) is 44.1 Å². The van der Waals surface area contributed by atoms with Crippen LogP contribution in [0.2, 0.25) is 0 Å². The molecule has 1 aliphatic heterocycles. The molecule has 1 aromatic heterocycles. The number of hydrogen-bond donors (Lipinski definition) is 0. The third-order valence-electron chi connectivity index (χ3n) is 4.51. The van der Waals surface area contributed by atoms with E-state index in [1.165, 1.54) is 16.9 Å². The van der Waals surface area contributed by atoms with E-state index in [0.29, 0.717) is 11.4 Å². The third kappa shape index (κ3) is 3.20. The average Bonchev–Trinajstić information content (AvgIpc) is 3.35. The zero-order chi connectivity index (χ0) is 17.9. The molecule has 26 heavy (non-hydrogen) atoms. The predicted octanol–water partition coefficient (Wildman–Crippen LogP) is 2.69. The van der Waals surface area contributed by atoms with E-state index in [4.69, 9.17) is 0 Å². The minimum Gasteiger partial charge on any atom is -0.340 e. The van der Waals surface area contributed by atoms with Crippen LogP contribution in [0.5, 0.6) is 0 Å². The van der Waals surface area contributed by atoms with Crippen molar-refractivity contribution < 1.29 is 9.18 Å². The number of halogens is 1. The lowest BCUT2D eigenvalue weighted by Crippen LogP contribution is -2.36. The fourth-order valence-corrected chi connectivity index (χ4v) is 3.20. The van der Waals surface area contributed by atoms with Crippen molar-refractivity contribution in [2.45, 2.75) is 18.9 Å². The Bertz CT molecular complexity index is 905. The monoisotopic (exact) mass is 351 g/mol. The van der Waals surface area contributed by atoms with Crippen molar-refractivity contribution in [2.75, 3.05) is 13.1 Å². The molecular weight excluding hydrogens is 333 g/mol. The van der Waals surface area contributed by atoms with Crippen LogP contribution in [0.4, 0.5) is 4.39 Å². The molecule has 0 N–H and O–H groups in total. The molecule has 1 saturated heterocycles. The summed E-state index contributed by atoms with van der Waals surface area (Å²) in [6, 6.07) is 14.7. The van der Waals surface area contributed by atoms with Crippen molar-refractivity contribution in [1.82, 2.24) is 25.1 Å². The number of carbonyl (C=O) groups excluding carboxylic acids is 1. The van der Waals surface area contributed by atoms with Gasteiger partial charge in [0, 0.05) is 18.7 Å². The number of carbonyl (C=O) groups is 1. The number of tetrazole rings is 1. The first-order chi connectivity index (χ1) is 12.7. The zero-order valence-electron chi connectivity index (χ0n) is 14.1. The van der Waals surface area contributed by atoms with Gasteiger partial charge in [0.1, 0.15) is 5.82 Å². The van der Waals surface area contributed by atoms with Crippen LogP contribution in [-0.2, 0) is 4.79 Å². The Morgan fingerprint density at radius 2 is 1.81 bits per heavy atom. The first-order valence-electron chi connectivity index (χ1n) is 8.61. The lowest BCUT2D eigenvalue weighted by Gasteiger charge is -2.22. The molecule has 4 rings (SSSR count). The van der Waals surface area contributed by atoms with Gasteiger partial charge in [0.05, 0.1) is 0 Å². The number of rotatable bonds is 4. The van der Waals surface area contributed by atoms with Crippen molar-refractivity contribution >= 4 is 5.91 Å². The number of likely N-dealkylation sites (tertiary alicyclic amines) is 1. The summed E-state index contributed by atoms with van der Waals surface area (Å²) >= 11 is 0. The van der Waals surface area contributed by atoms with E-state index in [-0.39, 0.29) is 11.7 Å². The molecule has 7 heteroatoms. The molecule has 1 fully saturated rings. The molecular formula is C19H18FN5O. The molecule has 0 aliphatic carbocycles. The van der Waals surface area contributed by atoms with Crippen LogP contribution >= 0.6 is 0 Å². The van der Waals surface area contributed by atoms with Crippen LogP contribution in [0.3, 0.4) is 0 Å². The highest BCUT2D eigenvalue weighted by molar-refractivity contribution is 5.83. The second kappa shape index (κ2) is 7.03. The molecule has 1 aliphatic rings. The predicted molar refractivity (Wildman–Crippen MR) is 93.6 cm³/mol. The van der Waals surface area contributed by atoms with Gasteiger partial charge >= 0.3 is 0 Å². The van der Waals surface area contributed by atoms with E-state index in [2.05, 4.69) is 15.4 Å². The topological polar surface area (TPSA) is 63.9 Å². The lowest BCUT2D eigenvalue weighted by atomic mass is 10.1. The average molecular weight is 351 g/mol. The Kier molecular flexibility index (Phi) is 4.43. The molecule has 2 heterocycles. The molecule has 2 aromatic carbocycles. The molecule has 1 atom stereocenters. The highest BCUT2D eigenvalue weighted by Gasteiger charge is 2.31. The van der Waals surface area contributed by atoms with E-state index in [1.807, 2.05) is 35.2 Å². The molecule has 0 unspecified atom stereocenters. The van der Waals surface area contributed by atoms with E-state index in [0.717, 1.165) is 31.5 Å². The molecule has 0 saturated carbocycles. The van der Waals surface area contributed by atoms with Crippen molar-refractivity contribution in [3.8, 4) is 11.4 Å². The normalized spacial score (nSPS) is 15.2. The van der Waals surface area contributed by atoms with Gasteiger partial charge in [-0.2, -0.15) is 0 Å². The van der Waals surface area contributed by atoms with Gasteiger partial charge in [-0.15, -0.1) is 15.0 Å². The zero-order valence-corrected chi connectivity index (χ0v) is 14.1. The third-order valence-corrected chi connectivity index (χ3v) is 4.51. The summed E-state index contributed by atoms with van der Waals surface area (Å²) in [6.07, 6.45) is 2.01. The SMILES string of the molecule is O=C([C@@H](c1ccccc1)n1nnc(-c2cccc(F)c2)n1)N1CCCC1. The van der Waals surface area contributed by atoms with Crippen LogP contribution < -0.4 is 0 Å². The molecule has 0 bridgehead atoms. The van der Waals surface area contributed by atoms with E-state index >= 15 is 0 Å². The minimum atomic E-state index is -0.677. The van der Waals surface area contributed by atoms with Crippen LogP contribution in [0, 0.1) is 5.82 Å². The summed E-state index contributed by atoms with van der Waals surface area (Å²) < 4.78 is 13.5. The molecule has 6 nitrogen and oxygen atoms in total. The number of benzene rings is 2. The Morgan fingerprint density at radius 3 is 2.54 bits per heavy atom. The van der Waals surface area contributed by atoms with Crippen molar-refractivity contribution in [3.63, 3.8) is 0 Å². The highest BCUT2D eigenvalue weighted by atomic mass is 19.1. The fraction of sp³-hybridized carbons (Fsp3) is 0.263. The Balaban J connectivity index is 1.71. The van der Waals surface area contributed by atoms with Gasteiger partial charge in [0.2, 0.25) is 5.82 Å². The minimum absolute atomic E-state index is 0.0445. The van der Waals surface area contributed by atoms with E-state index < -0.39 is 6.04 Å². The van der Waals surface area contributed by atoms with Gasteiger partial charge in [0.25, 0.3) is 5.91 Å². The van der Waals surface area contributed by atoms with Crippen LogP contribution in [0.25, 0.3) is 11.4 Å². The van der Waals surface area contributed by atoms with Gasteiger partial charge in [-0.3, -0.25) is 4.79 Å². The molecule has 1 amide bonds. The van der Waals surface area contributed by atoms with Gasteiger partial charge in [0.15, 0.2) is 6.04 Å². The number of hydrogen-bond acceptors (Lipinski definition) is 4. The van der Waals surface area contributed by atoms with E-state index in [9.17, 15) is 9.18 Å². The number of aromatic nitrogens is 4. The Morgan fingerprint density at radius 1 is 1.04 bits per heavy atom. The maximum absolute atomic E-state index is 13.5. The first-order valence-corrected chi connectivity index (χ1v) is 8.61. The second-order valence-corrected chi connectivity index (χ2v) is 6.29. The van der Waals surface area contributed by atoms with Crippen LogP contribution in [0.1, 0.15) is 24.4 Å². The van der Waals surface area contributed by atoms with Crippen LogP contribution in [0.15, 0.2) is 54.6 Å². The Labute approximate surface area is 150 Å². The van der Waals surface area contributed by atoms with Gasteiger partial charge < -0.3 is 4.90 Å². The maximum Gasteiger partial charge on any atom is 0.254 e. The summed E-state index contributed by atoms with van der Waals surface area (Å²) in [6.45, 7) is 1.49. The van der Waals surface area contributed by atoms with Crippen molar-refractivity contribution in [1.29, 1.82) is 0 Å². The fourth-order valence-electron chi connectivity index (χ4n) is 3.20. The summed E-state index contributed by atoms with van der Waals surface area (Å²) in [4.78, 5) is 16.2. The molecule has 3 aromatic rings. The number of nitrogens with zero attached hydrogens (tertiary/aromatic N) is 5. The van der Waals surface area contributed by atoms with Crippen molar-refractivity contribution in [3.05, 3.63) is 66.0 Å². The van der Waals surface area contributed by atoms with E-state index in [1.54, 1.807) is 12.1 Å². The summed E-state index contributed by atoms with van der Waals surface area (Å²) in [5.74, 6) is -0.122. The standard InChI is InChI=1S/C19H18FN5O/c20-16-10-6-9-15(13-16)18-21-23-25(22-18)17(14-7-2-1-3-8-14)19(26)24-11-4-5-12-24/h1-3,6-10,13,17H,4-5,11-12H2/t17-/m1/s1. The largest absolute Gasteiger partial charge is 0.340 e. The summed E-state index contributed by atoms with van der Waals surface area (Å²) in [7, 11) is 0. The first kappa shape index (κ1) is 16.4. The molecule has 132 valence electrons. The van der Waals surface area contributed by atoms with Gasteiger partial charge in [-0.25, -0.2) is 4.39 Å². The van der Waals surface area contributed by atoms with Gasteiger partial charge in [-0.05, 0) is 35.8 Å². The smallest absolute Gasteiger partial charge is 0.254 e. The number of amides is 1. The second-order valence-electron chi connectivity index (χ2n) is 6.29.